The number of halogens is 1. The average Bonchev–Trinajstić information content (AvgIpc) is 3.19. The lowest BCUT2D eigenvalue weighted by Crippen LogP contribution is -2.37. The van der Waals surface area contributed by atoms with Crippen LogP contribution in [0.1, 0.15) is 24.2 Å². The van der Waals surface area contributed by atoms with E-state index in [0.717, 1.165) is 68.0 Å². The van der Waals surface area contributed by atoms with Gasteiger partial charge in [0.25, 0.3) is 0 Å². The van der Waals surface area contributed by atoms with Gasteiger partial charge in [0.1, 0.15) is 11.6 Å². The molecule has 3 aromatic heterocycles. The molecule has 1 fully saturated rings. The van der Waals surface area contributed by atoms with E-state index in [-0.39, 0.29) is 5.82 Å². The summed E-state index contributed by atoms with van der Waals surface area (Å²) < 4.78 is 15.6. The van der Waals surface area contributed by atoms with Crippen LogP contribution in [0.5, 0.6) is 0 Å². The van der Waals surface area contributed by atoms with E-state index in [1.807, 2.05) is 24.3 Å². The molecule has 0 bridgehead atoms. The number of nitrogens with one attached hydrogen (secondary N) is 1. The molecule has 1 saturated heterocycles. The zero-order valence-electron chi connectivity index (χ0n) is 18.6. The summed E-state index contributed by atoms with van der Waals surface area (Å²) in [7, 11) is 0. The first-order chi connectivity index (χ1) is 16.2. The Morgan fingerprint density at radius 1 is 0.939 bits per heavy atom. The van der Waals surface area contributed by atoms with Crippen LogP contribution < -0.4 is 5.32 Å². The number of anilines is 1. The van der Waals surface area contributed by atoms with Crippen molar-refractivity contribution in [2.75, 3.05) is 31.5 Å². The molecule has 170 valence electrons. The number of hydrogen-bond donors (Lipinski definition) is 1. The number of likely N-dealkylation sites (tertiary alicyclic amines) is 1. The minimum atomic E-state index is -0.214. The van der Waals surface area contributed by atoms with Crippen molar-refractivity contribution in [3.63, 3.8) is 0 Å². The molecule has 1 aromatic carbocycles. The lowest BCUT2D eigenvalue weighted by atomic mass is 9.93. The molecule has 4 heterocycles. The maximum absolute atomic E-state index is 13.4. The topological polar surface area (TPSA) is 71.8 Å². The normalized spacial score (nSPS) is 15.2. The largest absolute Gasteiger partial charge is 0.353 e. The maximum atomic E-state index is 13.4. The number of rotatable bonds is 8. The van der Waals surface area contributed by atoms with Gasteiger partial charge < -0.3 is 14.8 Å². The number of benzene rings is 1. The molecular formula is C25H28FN7. The van der Waals surface area contributed by atoms with Crippen LogP contribution in [0, 0.1) is 11.7 Å². The van der Waals surface area contributed by atoms with Gasteiger partial charge in [-0.2, -0.15) is 0 Å². The van der Waals surface area contributed by atoms with Gasteiger partial charge in [0, 0.05) is 44.6 Å². The van der Waals surface area contributed by atoms with Crippen molar-refractivity contribution in [3.8, 4) is 0 Å². The number of piperidine rings is 1. The molecule has 0 amide bonds. The summed E-state index contributed by atoms with van der Waals surface area (Å²) in [5, 5.41) is 3.28. The minimum Gasteiger partial charge on any atom is -0.353 e. The summed E-state index contributed by atoms with van der Waals surface area (Å²) in [6.07, 6.45) is 8.51. The highest BCUT2D eigenvalue weighted by Crippen LogP contribution is 2.24. The number of hydrogen-bond acceptors (Lipinski definition) is 6. The Morgan fingerprint density at radius 2 is 1.70 bits per heavy atom. The number of pyridine rings is 1. The fourth-order valence-electron chi connectivity index (χ4n) is 4.50. The van der Waals surface area contributed by atoms with Crippen molar-refractivity contribution in [1.82, 2.24) is 29.4 Å². The standard InChI is InChI=1S/C25H28FN7/c26-21-6-4-20(5-7-21)18-33-22-3-1-10-27-24(22)31-23(33)17-19-8-14-32(15-9-19)16-13-30-25-28-11-2-12-29-25/h1-7,10-12,19H,8-9,13-18H2,(H,28,29,30). The van der Waals surface area contributed by atoms with Gasteiger partial charge in [0.15, 0.2) is 5.65 Å². The first-order valence-corrected chi connectivity index (χ1v) is 11.5. The Kier molecular flexibility index (Phi) is 6.53. The van der Waals surface area contributed by atoms with E-state index in [9.17, 15) is 4.39 Å². The maximum Gasteiger partial charge on any atom is 0.222 e. The van der Waals surface area contributed by atoms with Gasteiger partial charge in [-0.05, 0) is 67.7 Å². The van der Waals surface area contributed by atoms with Crippen molar-refractivity contribution < 1.29 is 4.39 Å². The quantitative estimate of drug-likeness (QED) is 0.445. The molecule has 0 spiro atoms. The minimum absolute atomic E-state index is 0.214. The first kappa shape index (κ1) is 21.5. The van der Waals surface area contributed by atoms with Gasteiger partial charge in [0.05, 0.1) is 5.52 Å². The number of nitrogens with zero attached hydrogens (tertiary/aromatic N) is 6. The summed E-state index contributed by atoms with van der Waals surface area (Å²) in [4.78, 5) is 20.2. The predicted octanol–water partition coefficient (Wildman–Crippen LogP) is 3.78. The van der Waals surface area contributed by atoms with Gasteiger partial charge in [-0.1, -0.05) is 12.1 Å². The molecular weight excluding hydrogens is 417 g/mol. The van der Waals surface area contributed by atoms with Crippen LogP contribution in [0.4, 0.5) is 10.3 Å². The third-order valence-electron chi connectivity index (χ3n) is 6.31. The molecule has 8 heteroatoms. The number of aromatic nitrogens is 5. The van der Waals surface area contributed by atoms with Crippen LogP contribution in [-0.4, -0.2) is 55.6 Å². The van der Waals surface area contributed by atoms with Gasteiger partial charge in [0.2, 0.25) is 5.95 Å². The highest BCUT2D eigenvalue weighted by molar-refractivity contribution is 5.71. The van der Waals surface area contributed by atoms with E-state index in [1.165, 1.54) is 12.1 Å². The number of fused-ring (bicyclic) bond motifs is 1. The van der Waals surface area contributed by atoms with Crippen LogP contribution in [0.2, 0.25) is 0 Å². The fourth-order valence-corrected chi connectivity index (χ4v) is 4.50. The average molecular weight is 446 g/mol. The molecule has 0 saturated carbocycles. The second kappa shape index (κ2) is 10.0. The van der Waals surface area contributed by atoms with Gasteiger partial charge in [-0.3, -0.25) is 0 Å². The van der Waals surface area contributed by atoms with Gasteiger partial charge >= 0.3 is 0 Å². The molecule has 1 aliphatic rings. The molecule has 0 aliphatic carbocycles. The second-order valence-electron chi connectivity index (χ2n) is 8.58. The Morgan fingerprint density at radius 3 is 2.48 bits per heavy atom. The van der Waals surface area contributed by atoms with Gasteiger partial charge in [-0.25, -0.2) is 24.3 Å². The van der Waals surface area contributed by atoms with E-state index in [4.69, 9.17) is 4.98 Å². The van der Waals surface area contributed by atoms with Crippen LogP contribution in [0.15, 0.2) is 61.1 Å². The molecule has 0 unspecified atom stereocenters. The lowest BCUT2D eigenvalue weighted by molar-refractivity contribution is 0.188. The smallest absolute Gasteiger partial charge is 0.222 e. The van der Waals surface area contributed by atoms with Crippen LogP contribution in [0.3, 0.4) is 0 Å². The first-order valence-electron chi connectivity index (χ1n) is 11.5. The monoisotopic (exact) mass is 445 g/mol. The Balaban J connectivity index is 1.20. The van der Waals surface area contributed by atoms with Crippen molar-refractivity contribution in [2.24, 2.45) is 5.92 Å². The van der Waals surface area contributed by atoms with Crippen LogP contribution in [0.25, 0.3) is 11.2 Å². The molecule has 33 heavy (non-hydrogen) atoms. The number of imidazole rings is 1. The summed E-state index contributed by atoms with van der Waals surface area (Å²) in [6, 6.07) is 12.5. The third-order valence-corrected chi connectivity index (χ3v) is 6.31. The van der Waals surface area contributed by atoms with E-state index in [0.29, 0.717) is 18.4 Å². The van der Waals surface area contributed by atoms with Crippen LogP contribution >= 0.6 is 0 Å². The predicted molar refractivity (Wildman–Crippen MR) is 126 cm³/mol. The van der Waals surface area contributed by atoms with E-state index < -0.39 is 0 Å². The highest BCUT2D eigenvalue weighted by Gasteiger charge is 2.22. The molecule has 7 nitrogen and oxygen atoms in total. The Bertz CT molecular complexity index is 1170. The zero-order chi connectivity index (χ0) is 22.5. The summed E-state index contributed by atoms with van der Waals surface area (Å²) in [5.41, 5.74) is 2.87. The zero-order valence-corrected chi connectivity index (χ0v) is 18.6. The van der Waals surface area contributed by atoms with Crippen molar-refractivity contribution in [1.29, 1.82) is 0 Å². The van der Waals surface area contributed by atoms with Gasteiger partial charge in [-0.15, -0.1) is 0 Å². The molecule has 1 aliphatic heterocycles. The molecule has 5 rings (SSSR count). The summed E-state index contributed by atoms with van der Waals surface area (Å²) >= 11 is 0. The lowest BCUT2D eigenvalue weighted by Gasteiger charge is -2.31. The molecule has 0 atom stereocenters. The van der Waals surface area contributed by atoms with Crippen molar-refractivity contribution in [2.45, 2.75) is 25.8 Å². The molecule has 4 aromatic rings. The van der Waals surface area contributed by atoms with Crippen molar-refractivity contribution >= 4 is 17.1 Å². The SMILES string of the molecule is Fc1ccc(Cn2c(CC3CCN(CCNc4ncccn4)CC3)nc3ncccc32)cc1. The van der Waals surface area contributed by atoms with E-state index in [2.05, 4.69) is 35.8 Å². The molecule has 0 radical (unpaired) electrons. The van der Waals surface area contributed by atoms with Crippen molar-refractivity contribution in [3.05, 3.63) is 78.3 Å². The Hall–Kier alpha value is -3.39. The van der Waals surface area contributed by atoms with E-state index in [1.54, 1.807) is 18.6 Å². The summed E-state index contributed by atoms with van der Waals surface area (Å²) in [5.74, 6) is 2.13. The summed E-state index contributed by atoms with van der Waals surface area (Å²) in [6.45, 7) is 4.66. The van der Waals surface area contributed by atoms with E-state index >= 15 is 0 Å². The highest BCUT2D eigenvalue weighted by atomic mass is 19.1. The third kappa shape index (κ3) is 5.34. The second-order valence-corrected chi connectivity index (χ2v) is 8.58. The van der Waals surface area contributed by atoms with Crippen LogP contribution in [-0.2, 0) is 13.0 Å². The molecule has 1 N–H and O–H groups in total. The Labute approximate surface area is 192 Å². The fraction of sp³-hybridized carbons (Fsp3) is 0.360.